The zero-order valence-electron chi connectivity index (χ0n) is 8.37. The van der Waals surface area contributed by atoms with Crippen LogP contribution in [-0.4, -0.2) is 0 Å². The van der Waals surface area contributed by atoms with Crippen LogP contribution in [0.3, 0.4) is 0 Å². The van der Waals surface area contributed by atoms with Gasteiger partial charge in [0.15, 0.2) is 23.3 Å². The second-order valence-corrected chi connectivity index (χ2v) is 3.81. The van der Waals surface area contributed by atoms with Crippen LogP contribution in [0.15, 0.2) is 12.1 Å². The number of fused-ring (bicyclic) bond motifs is 3. The molecule has 4 heteroatoms. The van der Waals surface area contributed by atoms with E-state index in [9.17, 15) is 17.6 Å². The van der Waals surface area contributed by atoms with Gasteiger partial charge in [-0.05, 0) is 29.7 Å². The molecule has 2 aromatic carbocycles. The van der Waals surface area contributed by atoms with Crippen molar-refractivity contribution in [2.45, 2.75) is 6.42 Å². The van der Waals surface area contributed by atoms with E-state index in [0.717, 1.165) is 0 Å². The SMILES string of the molecule is Fc1[c]cc2c(c1F)-c1c(c[c]c(F)c1F)C2. The molecule has 17 heavy (non-hydrogen) atoms. The molecular weight excluding hydrogens is 232 g/mol. The molecule has 84 valence electrons. The Kier molecular flexibility index (Phi) is 2.02. The van der Waals surface area contributed by atoms with Crippen molar-refractivity contribution in [3.8, 4) is 11.1 Å². The summed E-state index contributed by atoms with van der Waals surface area (Å²) >= 11 is 0. The van der Waals surface area contributed by atoms with Crippen molar-refractivity contribution in [2.24, 2.45) is 0 Å². The van der Waals surface area contributed by atoms with Crippen molar-refractivity contribution in [1.29, 1.82) is 0 Å². The maximum atomic E-state index is 13.6. The number of hydrogen-bond acceptors (Lipinski definition) is 0. The van der Waals surface area contributed by atoms with Gasteiger partial charge in [0.2, 0.25) is 0 Å². The lowest BCUT2D eigenvalue weighted by Crippen LogP contribution is -1.94. The van der Waals surface area contributed by atoms with Gasteiger partial charge >= 0.3 is 0 Å². The van der Waals surface area contributed by atoms with Crippen LogP contribution in [-0.2, 0) is 6.42 Å². The average Bonchev–Trinajstić information content (AvgIpc) is 2.69. The highest BCUT2D eigenvalue weighted by atomic mass is 19.2. The van der Waals surface area contributed by atoms with Crippen molar-refractivity contribution in [3.63, 3.8) is 0 Å². The molecule has 0 heterocycles. The van der Waals surface area contributed by atoms with E-state index in [1.165, 1.54) is 12.1 Å². The molecule has 2 aromatic rings. The molecule has 1 aliphatic carbocycles. The normalized spacial score (nSPS) is 12.5. The molecule has 0 saturated heterocycles. The maximum absolute atomic E-state index is 13.6. The van der Waals surface area contributed by atoms with Crippen LogP contribution in [0, 0.1) is 35.4 Å². The van der Waals surface area contributed by atoms with Crippen LogP contribution in [0.2, 0.25) is 0 Å². The largest absolute Gasteiger partial charge is 0.203 e. The van der Waals surface area contributed by atoms with Crippen LogP contribution in [0.5, 0.6) is 0 Å². The summed E-state index contributed by atoms with van der Waals surface area (Å²) in [5.41, 5.74) is 0.386. The topological polar surface area (TPSA) is 0 Å². The summed E-state index contributed by atoms with van der Waals surface area (Å²) < 4.78 is 53.3. The van der Waals surface area contributed by atoms with Gasteiger partial charge in [-0.3, -0.25) is 0 Å². The fourth-order valence-electron chi connectivity index (χ4n) is 2.10. The maximum Gasteiger partial charge on any atom is 0.167 e. The average molecular weight is 236 g/mol. The van der Waals surface area contributed by atoms with Gasteiger partial charge in [0, 0.05) is 23.3 Å². The van der Waals surface area contributed by atoms with E-state index in [-0.39, 0.29) is 17.5 Å². The Labute approximate surface area is 94.5 Å². The molecule has 0 N–H and O–H groups in total. The smallest absolute Gasteiger partial charge is 0.167 e. The first kappa shape index (κ1) is 10.3. The van der Waals surface area contributed by atoms with E-state index in [1.807, 2.05) is 0 Å². The molecule has 2 radical (unpaired) electrons. The monoisotopic (exact) mass is 236 g/mol. The molecule has 0 saturated carbocycles. The minimum Gasteiger partial charge on any atom is -0.203 e. The van der Waals surface area contributed by atoms with Crippen molar-refractivity contribution < 1.29 is 17.6 Å². The Bertz CT molecular complexity index is 576. The predicted octanol–water partition coefficient (Wildman–Crippen LogP) is 3.41. The van der Waals surface area contributed by atoms with Crippen molar-refractivity contribution >= 4 is 0 Å². The standard InChI is InChI=1S/C13H4F4/c14-8-3-1-6-5-7-2-4-9(15)13(17)11(7)10(6)12(8)16/h1-2H,5H2. The zero-order valence-corrected chi connectivity index (χ0v) is 8.37. The first-order valence-electron chi connectivity index (χ1n) is 4.87. The van der Waals surface area contributed by atoms with Crippen LogP contribution in [0.4, 0.5) is 17.6 Å². The third kappa shape index (κ3) is 1.30. The van der Waals surface area contributed by atoms with Gasteiger partial charge in [-0.15, -0.1) is 0 Å². The summed E-state index contributed by atoms with van der Waals surface area (Å²) in [5.74, 6) is -4.76. The van der Waals surface area contributed by atoms with Gasteiger partial charge in [-0.1, -0.05) is 0 Å². The molecule has 0 atom stereocenters. The second kappa shape index (κ2) is 3.32. The highest BCUT2D eigenvalue weighted by molar-refractivity contribution is 5.77. The quantitative estimate of drug-likeness (QED) is 0.525. The zero-order chi connectivity index (χ0) is 12.2. The van der Waals surface area contributed by atoms with Crippen LogP contribution in [0.1, 0.15) is 11.1 Å². The molecule has 0 amide bonds. The van der Waals surface area contributed by atoms with Crippen LogP contribution >= 0.6 is 0 Å². The van der Waals surface area contributed by atoms with Gasteiger partial charge < -0.3 is 0 Å². The Morgan fingerprint density at radius 2 is 1.18 bits per heavy atom. The molecule has 0 aromatic heterocycles. The molecule has 0 nitrogen and oxygen atoms in total. The number of halogens is 4. The summed E-state index contributed by atoms with van der Waals surface area (Å²) in [6.07, 6.45) is 0.228. The molecule has 0 bridgehead atoms. The minimum atomic E-state index is -1.19. The first-order valence-corrected chi connectivity index (χ1v) is 4.87. The summed E-state index contributed by atoms with van der Waals surface area (Å²) in [6, 6.07) is 6.71. The van der Waals surface area contributed by atoms with E-state index >= 15 is 0 Å². The Balaban J connectivity index is 2.40. The number of rotatable bonds is 0. The summed E-state index contributed by atoms with van der Waals surface area (Å²) in [6.45, 7) is 0. The second-order valence-electron chi connectivity index (χ2n) is 3.81. The highest BCUT2D eigenvalue weighted by Crippen LogP contribution is 2.40. The summed E-state index contributed by atoms with van der Waals surface area (Å²) in [7, 11) is 0. The van der Waals surface area contributed by atoms with Crippen molar-refractivity contribution in [1.82, 2.24) is 0 Å². The molecule has 0 spiro atoms. The first-order chi connectivity index (χ1) is 8.09. The summed E-state index contributed by atoms with van der Waals surface area (Å²) in [5, 5.41) is 0. The van der Waals surface area contributed by atoms with Crippen molar-refractivity contribution in [2.75, 3.05) is 0 Å². The van der Waals surface area contributed by atoms with Crippen molar-refractivity contribution in [3.05, 3.63) is 58.7 Å². The lowest BCUT2D eigenvalue weighted by molar-refractivity contribution is 0.500. The number of benzene rings is 2. The van der Waals surface area contributed by atoms with Crippen LogP contribution in [0.25, 0.3) is 11.1 Å². The van der Waals surface area contributed by atoms with E-state index in [1.54, 1.807) is 0 Å². The molecular formula is C13H4F4. The van der Waals surface area contributed by atoms with E-state index in [0.29, 0.717) is 11.1 Å². The number of hydrogen-bond donors (Lipinski definition) is 0. The minimum absolute atomic E-state index is 0.207. The predicted molar refractivity (Wildman–Crippen MR) is 52.2 cm³/mol. The third-order valence-electron chi connectivity index (χ3n) is 2.84. The Morgan fingerprint density at radius 1 is 0.765 bits per heavy atom. The lowest BCUT2D eigenvalue weighted by Gasteiger charge is -2.04. The Morgan fingerprint density at radius 3 is 1.59 bits per heavy atom. The molecule has 0 unspecified atom stereocenters. The highest BCUT2D eigenvalue weighted by Gasteiger charge is 2.28. The molecule has 1 aliphatic rings. The van der Waals surface area contributed by atoms with Gasteiger partial charge in [-0.2, -0.15) is 0 Å². The fourth-order valence-corrected chi connectivity index (χ4v) is 2.10. The summed E-state index contributed by atoms with van der Waals surface area (Å²) in [4.78, 5) is 0. The van der Waals surface area contributed by atoms with E-state index < -0.39 is 23.3 Å². The van der Waals surface area contributed by atoms with Crippen LogP contribution < -0.4 is 0 Å². The molecule has 3 rings (SSSR count). The third-order valence-corrected chi connectivity index (χ3v) is 2.84. The Hall–Kier alpha value is -1.84. The lowest BCUT2D eigenvalue weighted by atomic mass is 10.0. The van der Waals surface area contributed by atoms with Gasteiger partial charge in [-0.25, -0.2) is 17.6 Å². The molecule has 0 fully saturated rings. The fraction of sp³-hybridized carbons (Fsp3) is 0.0769. The van der Waals surface area contributed by atoms with Gasteiger partial charge in [0.05, 0.1) is 0 Å². The molecule has 0 aliphatic heterocycles. The van der Waals surface area contributed by atoms with E-state index in [4.69, 9.17) is 0 Å². The van der Waals surface area contributed by atoms with E-state index in [2.05, 4.69) is 12.1 Å². The van der Waals surface area contributed by atoms with Gasteiger partial charge in [0.1, 0.15) is 0 Å². The van der Waals surface area contributed by atoms with Gasteiger partial charge in [0.25, 0.3) is 0 Å².